The molecule has 146 valence electrons. The molecule has 1 aromatic heterocycles. The van der Waals surface area contributed by atoms with E-state index < -0.39 is 10.0 Å². The molecule has 9 heteroatoms. The summed E-state index contributed by atoms with van der Waals surface area (Å²) in [5, 5.41) is 7.20. The second kappa shape index (κ2) is 7.96. The average molecular weight is 384 g/mol. The van der Waals surface area contributed by atoms with E-state index in [1.165, 1.54) is 36.3 Å². The molecular formula is C17H29N5O3S. The lowest BCUT2D eigenvalue weighted by molar-refractivity contribution is 0.254. The van der Waals surface area contributed by atoms with Gasteiger partial charge in [0.25, 0.3) is 0 Å². The molecule has 2 fully saturated rings. The second-order valence-electron chi connectivity index (χ2n) is 7.55. The molecule has 0 spiro atoms. The highest BCUT2D eigenvalue weighted by atomic mass is 32.2. The van der Waals surface area contributed by atoms with E-state index >= 15 is 0 Å². The molecule has 1 saturated heterocycles. The Morgan fingerprint density at radius 1 is 1.31 bits per heavy atom. The van der Waals surface area contributed by atoms with Gasteiger partial charge in [0.2, 0.25) is 10.0 Å². The van der Waals surface area contributed by atoms with Crippen LogP contribution in [0.4, 0.5) is 0 Å². The first-order valence-corrected chi connectivity index (χ1v) is 10.9. The van der Waals surface area contributed by atoms with Gasteiger partial charge in [-0.15, -0.1) is 0 Å². The van der Waals surface area contributed by atoms with Crippen LogP contribution in [-0.2, 0) is 15.8 Å². The van der Waals surface area contributed by atoms with Gasteiger partial charge in [-0.25, -0.2) is 8.42 Å². The molecule has 1 saturated carbocycles. The number of aliphatic imine (C=N–C) groups is 1. The zero-order valence-electron chi connectivity index (χ0n) is 15.6. The minimum Gasteiger partial charge on any atom is -0.364 e. The number of aromatic nitrogens is 1. The maximum absolute atomic E-state index is 12.5. The van der Waals surface area contributed by atoms with E-state index in [2.05, 4.69) is 27.3 Å². The number of piperazine rings is 1. The molecular weight excluding hydrogens is 354 g/mol. The van der Waals surface area contributed by atoms with Crippen LogP contribution in [0, 0.1) is 5.41 Å². The third kappa shape index (κ3) is 4.56. The monoisotopic (exact) mass is 383 g/mol. The fourth-order valence-electron chi connectivity index (χ4n) is 3.80. The van der Waals surface area contributed by atoms with Gasteiger partial charge in [-0.05, 0) is 18.3 Å². The molecule has 1 aliphatic carbocycles. The van der Waals surface area contributed by atoms with E-state index in [1.54, 1.807) is 13.1 Å². The molecule has 8 nitrogen and oxygen atoms in total. The first kappa shape index (κ1) is 19.2. The predicted octanol–water partition coefficient (Wildman–Crippen LogP) is 1.28. The van der Waals surface area contributed by atoms with Gasteiger partial charge in [-0.3, -0.25) is 4.99 Å². The summed E-state index contributed by atoms with van der Waals surface area (Å²) in [4.78, 5) is 6.53. The summed E-state index contributed by atoms with van der Waals surface area (Å²) < 4.78 is 31.3. The van der Waals surface area contributed by atoms with Crippen molar-refractivity contribution in [3.8, 4) is 0 Å². The lowest BCUT2D eigenvalue weighted by Crippen LogP contribution is -2.54. The van der Waals surface area contributed by atoms with Gasteiger partial charge in [0.15, 0.2) is 5.96 Å². The third-order valence-electron chi connectivity index (χ3n) is 5.45. The maximum atomic E-state index is 12.5. The Balaban J connectivity index is 1.51. The van der Waals surface area contributed by atoms with Crippen molar-refractivity contribution in [2.75, 3.05) is 39.8 Å². The highest BCUT2D eigenvalue weighted by Crippen LogP contribution is 2.36. The van der Waals surface area contributed by atoms with Crippen LogP contribution in [0.2, 0.25) is 0 Å². The number of hydrogen-bond acceptors (Lipinski definition) is 5. The minimum atomic E-state index is -3.37. The molecule has 0 atom stereocenters. The molecule has 0 radical (unpaired) electrons. The topological polar surface area (TPSA) is 91.0 Å². The van der Waals surface area contributed by atoms with Gasteiger partial charge < -0.3 is 14.7 Å². The largest absolute Gasteiger partial charge is 0.364 e. The lowest BCUT2D eigenvalue weighted by Gasteiger charge is -2.36. The summed E-state index contributed by atoms with van der Waals surface area (Å²) in [5.41, 5.74) is 0.785. The van der Waals surface area contributed by atoms with E-state index in [0.717, 1.165) is 12.5 Å². The van der Waals surface area contributed by atoms with Crippen LogP contribution >= 0.6 is 0 Å². The van der Waals surface area contributed by atoms with Gasteiger partial charge in [-0.1, -0.05) is 24.9 Å². The van der Waals surface area contributed by atoms with Crippen molar-refractivity contribution in [3.63, 3.8) is 0 Å². The van der Waals surface area contributed by atoms with Gasteiger partial charge in [0, 0.05) is 45.8 Å². The van der Waals surface area contributed by atoms with E-state index in [4.69, 9.17) is 4.52 Å². The summed E-state index contributed by atoms with van der Waals surface area (Å²) in [6.07, 6.45) is 6.51. The van der Waals surface area contributed by atoms with Gasteiger partial charge in [0.1, 0.15) is 12.0 Å². The van der Waals surface area contributed by atoms with Crippen LogP contribution in [-0.4, -0.2) is 68.5 Å². The summed E-state index contributed by atoms with van der Waals surface area (Å²) in [6.45, 7) is 5.43. The maximum Gasteiger partial charge on any atom is 0.220 e. The average Bonchev–Trinajstić information content (AvgIpc) is 3.28. The standard InChI is InChI=1S/C17H29N5O3S/c1-17(6-3-4-7-17)14-19-16(18-2)21-8-10-22(11-9-21)26(23,24)13-15-5-12-25-20-15/h5,12H,3-4,6-11,13-14H2,1-2H3,(H,18,19). The molecule has 0 unspecified atom stereocenters. The highest BCUT2D eigenvalue weighted by Gasteiger charge is 2.31. The Morgan fingerprint density at radius 2 is 2.00 bits per heavy atom. The molecule has 0 amide bonds. The molecule has 1 aliphatic heterocycles. The zero-order valence-corrected chi connectivity index (χ0v) is 16.5. The van der Waals surface area contributed by atoms with Gasteiger partial charge >= 0.3 is 0 Å². The van der Waals surface area contributed by atoms with Crippen LogP contribution in [0.15, 0.2) is 21.8 Å². The SMILES string of the molecule is CN=C(NCC1(C)CCCC1)N1CCN(S(=O)(=O)Cc2ccon2)CC1. The quantitative estimate of drug-likeness (QED) is 0.608. The van der Waals surface area contributed by atoms with Crippen molar-refractivity contribution in [1.82, 2.24) is 19.7 Å². The van der Waals surface area contributed by atoms with E-state index in [0.29, 0.717) is 37.3 Å². The van der Waals surface area contributed by atoms with Crippen molar-refractivity contribution < 1.29 is 12.9 Å². The molecule has 0 aromatic carbocycles. The highest BCUT2D eigenvalue weighted by molar-refractivity contribution is 7.88. The number of guanidine groups is 1. The van der Waals surface area contributed by atoms with Gasteiger partial charge in [0.05, 0.1) is 5.69 Å². The van der Waals surface area contributed by atoms with E-state index in [1.807, 2.05) is 0 Å². The van der Waals surface area contributed by atoms with Crippen molar-refractivity contribution in [3.05, 3.63) is 18.0 Å². The molecule has 1 N–H and O–H groups in total. The van der Waals surface area contributed by atoms with Crippen molar-refractivity contribution in [1.29, 1.82) is 0 Å². The number of nitrogens with one attached hydrogen (secondary N) is 1. The van der Waals surface area contributed by atoms with E-state index in [-0.39, 0.29) is 5.75 Å². The Bertz CT molecular complexity index is 703. The van der Waals surface area contributed by atoms with Crippen LogP contribution in [0.5, 0.6) is 0 Å². The third-order valence-corrected chi connectivity index (χ3v) is 7.26. The Hall–Kier alpha value is -1.61. The molecule has 2 aliphatic rings. The number of hydrogen-bond donors (Lipinski definition) is 1. The lowest BCUT2D eigenvalue weighted by atomic mass is 9.89. The molecule has 26 heavy (non-hydrogen) atoms. The van der Waals surface area contributed by atoms with Crippen molar-refractivity contribution in [2.24, 2.45) is 10.4 Å². The van der Waals surface area contributed by atoms with Gasteiger partial charge in [-0.2, -0.15) is 4.31 Å². The molecule has 0 bridgehead atoms. The number of rotatable bonds is 5. The first-order chi connectivity index (χ1) is 12.4. The van der Waals surface area contributed by atoms with Crippen LogP contribution in [0.3, 0.4) is 0 Å². The van der Waals surface area contributed by atoms with Crippen molar-refractivity contribution >= 4 is 16.0 Å². The minimum absolute atomic E-state index is 0.116. The fourth-order valence-corrected chi connectivity index (χ4v) is 5.22. The summed E-state index contributed by atoms with van der Waals surface area (Å²) in [6, 6.07) is 1.59. The Labute approximate surface area is 155 Å². The molecule has 2 heterocycles. The van der Waals surface area contributed by atoms with Crippen molar-refractivity contribution in [2.45, 2.75) is 38.4 Å². The fraction of sp³-hybridized carbons (Fsp3) is 0.765. The number of nitrogens with zero attached hydrogens (tertiary/aromatic N) is 4. The second-order valence-corrected chi connectivity index (χ2v) is 9.52. The predicted molar refractivity (Wildman–Crippen MR) is 100 cm³/mol. The van der Waals surface area contributed by atoms with Crippen LogP contribution < -0.4 is 5.32 Å². The summed E-state index contributed by atoms with van der Waals surface area (Å²) in [7, 11) is -1.59. The summed E-state index contributed by atoms with van der Waals surface area (Å²) >= 11 is 0. The first-order valence-electron chi connectivity index (χ1n) is 9.25. The molecule has 1 aromatic rings. The summed E-state index contributed by atoms with van der Waals surface area (Å²) in [5.74, 6) is 0.751. The van der Waals surface area contributed by atoms with E-state index in [9.17, 15) is 8.42 Å². The zero-order chi connectivity index (χ0) is 18.6. The van der Waals surface area contributed by atoms with Crippen LogP contribution in [0.25, 0.3) is 0 Å². The molecule has 3 rings (SSSR count). The van der Waals surface area contributed by atoms with Crippen LogP contribution in [0.1, 0.15) is 38.3 Å². The Kier molecular flexibility index (Phi) is 5.86. The Morgan fingerprint density at radius 3 is 2.58 bits per heavy atom. The smallest absolute Gasteiger partial charge is 0.220 e. The number of sulfonamides is 1. The normalized spacial score (nSPS) is 21.9.